The van der Waals surface area contributed by atoms with E-state index >= 15 is 0 Å². The van der Waals surface area contributed by atoms with Crippen LogP contribution in [0.25, 0.3) is 0 Å². The highest BCUT2D eigenvalue weighted by atomic mass is 31.2. The zero-order valence-electron chi connectivity index (χ0n) is 17.3. The molecule has 0 amide bonds. The third kappa shape index (κ3) is 7.07. The SMILES string of the molecule is COF.Cc1cccc2c1OP(=O)(OCO)OC2.O=c1ccn(C2CC[C@@H](O)O2)c(=O)[nH]1. The largest absolute Gasteiger partial charge is 0.532 e. The minimum absolute atomic E-state index is 0.161. The molecule has 0 aliphatic carbocycles. The van der Waals surface area contributed by atoms with Gasteiger partial charge in [-0.05, 0) is 23.4 Å². The molecule has 0 saturated carbocycles. The number of para-hydroxylation sites is 1. The van der Waals surface area contributed by atoms with Gasteiger partial charge in [0.25, 0.3) is 5.56 Å². The van der Waals surface area contributed by atoms with Crippen LogP contribution in [0.1, 0.15) is 30.2 Å². The van der Waals surface area contributed by atoms with Gasteiger partial charge in [0.1, 0.15) is 12.0 Å². The second kappa shape index (κ2) is 12.0. The van der Waals surface area contributed by atoms with Crippen molar-refractivity contribution in [3.8, 4) is 5.75 Å². The number of hydrogen-bond acceptors (Lipinski definition) is 10. The summed E-state index contributed by atoms with van der Waals surface area (Å²) in [5, 5.41) is 17.6. The molecule has 178 valence electrons. The van der Waals surface area contributed by atoms with Crippen LogP contribution < -0.4 is 15.8 Å². The molecule has 2 unspecified atom stereocenters. The normalized spacial score (nSPS) is 23.7. The molecule has 1 aromatic carbocycles. The number of phosphoric acid groups is 1. The highest BCUT2D eigenvalue weighted by Gasteiger charge is 2.34. The maximum atomic E-state index is 11.7. The number of halogens is 1. The maximum Gasteiger partial charge on any atom is 0.532 e. The molecule has 32 heavy (non-hydrogen) atoms. The van der Waals surface area contributed by atoms with Crippen LogP contribution in [-0.2, 0) is 29.9 Å². The molecule has 12 nitrogen and oxygen atoms in total. The van der Waals surface area contributed by atoms with E-state index in [1.54, 1.807) is 0 Å². The fraction of sp³-hybridized carbons (Fsp3) is 0.444. The molecular formula is C18H24FN2O10P. The number of benzene rings is 1. The topological polar surface area (TPSA) is 159 Å². The third-order valence-corrected chi connectivity index (χ3v) is 5.51. The molecule has 4 rings (SSSR count). The summed E-state index contributed by atoms with van der Waals surface area (Å²) in [6, 6.07) is 6.78. The molecule has 3 heterocycles. The molecule has 2 aliphatic heterocycles. The first kappa shape index (κ1) is 25.9. The van der Waals surface area contributed by atoms with Crippen LogP contribution in [0.5, 0.6) is 5.75 Å². The number of aromatic amines is 1. The van der Waals surface area contributed by atoms with Gasteiger partial charge in [-0.1, -0.05) is 18.2 Å². The van der Waals surface area contributed by atoms with Crippen LogP contribution in [0, 0.1) is 6.92 Å². The fourth-order valence-electron chi connectivity index (χ4n) is 2.84. The summed E-state index contributed by atoms with van der Waals surface area (Å²) in [6.07, 6.45) is 1.13. The van der Waals surface area contributed by atoms with E-state index in [0.717, 1.165) is 18.2 Å². The van der Waals surface area contributed by atoms with Gasteiger partial charge < -0.3 is 19.5 Å². The molecule has 0 spiro atoms. The lowest BCUT2D eigenvalue weighted by atomic mass is 10.1. The van der Waals surface area contributed by atoms with Gasteiger partial charge >= 0.3 is 13.5 Å². The number of nitrogens with one attached hydrogen (secondary N) is 1. The number of fused-ring (bicyclic) bond motifs is 1. The molecule has 0 radical (unpaired) electrons. The first-order valence-corrected chi connectivity index (χ1v) is 10.8. The van der Waals surface area contributed by atoms with Crippen LogP contribution in [0.15, 0.2) is 40.1 Å². The van der Waals surface area contributed by atoms with Crippen LogP contribution in [-0.4, -0.2) is 40.0 Å². The van der Waals surface area contributed by atoms with Crippen LogP contribution >= 0.6 is 7.82 Å². The summed E-state index contributed by atoms with van der Waals surface area (Å²) < 4.78 is 42.5. The van der Waals surface area contributed by atoms with Crippen molar-refractivity contribution in [3.63, 3.8) is 0 Å². The lowest BCUT2D eigenvalue weighted by Crippen LogP contribution is -2.31. The third-order valence-electron chi connectivity index (χ3n) is 4.23. The molecule has 1 saturated heterocycles. The second-order valence-electron chi connectivity index (χ2n) is 6.43. The first-order valence-electron chi connectivity index (χ1n) is 9.30. The standard InChI is InChI=1S/C9H11O5P.C8H10N2O4.CH3FO/c1-7-3-2-4-8-5-12-15(11,13-6-10)14-9(7)8;11-5-3-4-10(8(13)9-5)6-1-2-7(12)14-6;1-3-2/h2-4,10H,5-6H2,1H3;3-4,6-7,12H,1-2H2,(H,9,11,13);1H3/t;6?,7-;/m.0./s1. The average molecular weight is 478 g/mol. The van der Waals surface area contributed by atoms with Gasteiger partial charge in [-0.2, -0.15) is 4.94 Å². The van der Waals surface area contributed by atoms with Crippen LogP contribution in [0.2, 0.25) is 0 Å². The highest BCUT2D eigenvalue weighted by Crippen LogP contribution is 2.54. The average Bonchev–Trinajstić information content (AvgIpc) is 3.16. The van der Waals surface area contributed by atoms with Crippen molar-refractivity contribution in [2.75, 3.05) is 13.9 Å². The Hall–Kier alpha value is -2.38. The van der Waals surface area contributed by atoms with Crippen molar-refractivity contribution in [3.05, 3.63) is 62.4 Å². The van der Waals surface area contributed by atoms with Crippen molar-refractivity contribution < 1.29 is 42.6 Å². The van der Waals surface area contributed by atoms with Crippen molar-refractivity contribution in [1.29, 1.82) is 0 Å². The zero-order chi connectivity index (χ0) is 23.7. The number of aromatic nitrogens is 2. The monoisotopic (exact) mass is 478 g/mol. The van der Waals surface area contributed by atoms with Gasteiger partial charge in [-0.25, -0.2) is 13.9 Å². The number of aliphatic hydroxyl groups excluding tert-OH is 2. The molecular weight excluding hydrogens is 454 g/mol. The molecule has 0 bridgehead atoms. The Morgan fingerprint density at radius 1 is 1.31 bits per heavy atom. The van der Waals surface area contributed by atoms with Crippen molar-refractivity contribution in [2.45, 2.75) is 38.9 Å². The zero-order valence-corrected chi connectivity index (χ0v) is 18.2. The number of phosphoric ester groups is 1. The van der Waals surface area contributed by atoms with E-state index < -0.39 is 38.4 Å². The van der Waals surface area contributed by atoms with Gasteiger partial charge in [-0.3, -0.25) is 18.9 Å². The number of aliphatic hydroxyl groups is 2. The summed E-state index contributed by atoms with van der Waals surface area (Å²) in [4.78, 5) is 26.9. The summed E-state index contributed by atoms with van der Waals surface area (Å²) in [5.74, 6) is 0.514. The Labute approximate surface area is 181 Å². The minimum Gasteiger partial charge on any atom is -0.403 e. The molecule has 1 aromatic heterocycles. The highest BCUT2D eigenvalue weighted by molar-refractivity contribution is 7.49. The molecule has 1 fully saturated rings. The number of nitrogens with zero attached hydrogens (tertiary/aromatic N) is 1. The summed E-state index contributed by atoms with van der Waals surface area (Å²) in [7, 11) is -2.66. The van der Waals surface area contributed by atoms with Gasteiger partial charge in [-0.15, -0.1) is 0 Å². The summed E-state index contributed by atoms with van der Waals surface area (Å²) >= 11 is 0. The van der Waals surface area contributed by atoms with Gasteiger partial charge in [0, 0.05) is 24.2 Å². The van der Waals surface area contributed by atoms with Gasteiger partial charge in [0.15, 0.2) is 13.1 Å². The Morgan fingerprint density at radius 3 is 2.62 bits per heavy atom. The number of rotatable bonds is 3. The Balaban J connectivity index is 0.000000203. The Kier molecular flexibility index (Phi) is 9.72. The molecule has 2 aliphatic rings. The smallest absolute Gasteiger partial charge is 0.403 e. The fourth-order valence-corrected chi connectivity index (χ4v) is 3.94. The molecule has 3 atom stereocenters. The van der Waals surface area contributed by atoms with Gasteiger partial charge in [0.05, 0.1) is 13.7 Å². The van der Waals surface area contributed by atoms with E-state index in [9.17, 15) is 18.7 Å². The van der Waals surface area contributed by atoms with Crippen LogP contribution in [0.4, 0.5) is 4.53 Å². The summed E-state index contributed by atoms with van der Waals surface area (Å²) in [5.41, 5.74) is 0.724. The van der Waals surface area contributed by atoms with E-state index in [1.807, 2.05) is 25.1 Å². The first-order chi connectivity index (χ1) is 15.2. The lowest BCUT2D eigenvalue weighted by Gasteiger charge is -2.25. The predicted molar refractivity (Wildman–Crippen MR) is 107 cm³/mol. The minimum atomic E-state index is -3.62. The van der Waals surface area contributed by atoms with Crippen molar-refractivity contribution in [2.24, 2.45) is 0 Å². The quantitative estimate of drug-likeness (QED) is 0.437. The maximum absolute atomic E-state index is 11.7. The predicted octanol–water partition coefficient (Wildman–Crippen LogP) is 1.66. The Morgan fingerprint density at radius 2 is 2.03 bits per heavy atom. The van der Waals surface area contributed by atoms with E-state index in [1.165, 1.54) is 16.8 Å². The Bertz CT molecular complexity index is 1040. The number of aryl methyl sites for hydroxylation is 1. The number of H-pyrrole nitrogens is 1. The van der Waals surface area contributed by atoms with E-state index in [-0.39, 0.29) is 6.61 Å². The number of ether oxygens (including phenoxy) is 1. The van der Waals surface area contributed by atoms with E-state index in [0.29, 0.717) is 18.6 Å². The van der Waals surface area contributed by atoms with Gasteiger partial charge in [0.2, 0.25) is 0 Å². The molecule has 3 N–H and O–H groups in total. The molecule has 2 aromatic rings. The molecule has 14 heteroatoms. The van der Waals surface area contributed by atoms with Crippen molar-refractivity contribution >= 4 is 7.82 Å². The van der Waals surface area contributed by atoms with E-state index in [4.69, 9.17) is 24.0 Å². The summed E-state index contributed by atoms with van der Waals surface area (Å²) in [6.45, 7) is 1.31. The van der Waals surface area contributed by atoms with Crippen molar-refractivity contribution in [1.82, 2.24) is 9.55 Å². The van der Waals surface area contributed by atoms with E-state index in [2.05, 4.69) is 14.4 Å². The second-order valence-corrected chi connectivity index (χ2v) is 8.02. The number of hydrogen-bond donors (Lipinski definition) is 3. The van der Waals surface area contributed by atoms with Crippen LogP contribution in [0.3, 0.4) is 0 Å². The lowest BCUT2D eigenvalue weighted by molar-refractivity contribution is -0.113.